The molecule has 126 valence electrons. The molecule has 3 fully saturated rings. The number of morpholine rings is 1. The number of carbonyl (C=O) groups is 1. The number of ether oxygens (including phenoxy) is 1. The van der Waals surface area contributed by atoms with Crippen LogP contribution in [-0.4, -0.2) is 71.6 Å². The van der Waals surface area contributed by atoms with Gasteiger partial charge in [0.25, 0.3) is 5.91 Å². The topological polar surface area (TPSA) is 79.8 Å². The lowest BCUT2D eigenvalue weighted by Gasteiger charge is -2.39. The van der Waals surface area contributed by atoms with Gasteiger partial charge < -0.3 is 9.64 Å². The molecule has 3 aliphatic heterocycles. The van der Waals surface area contributed by atoms with Crippen molar-refractivity contribution in [3.63, 3.8) is 0 Å². The fourth-order valence-corrected chi connectivity index (χ4v) is 6.92. The maximum atomic E-state index is 12.7. The molecule has 9 heteroatoms. The molecule has 1 aromatic rings. The third-order valence-corrected chi connectivity index (χ3v) is 8.21. The monoisotopic (exact) mass is 357 g/mol. The first-order valence-corrected chi connectivity index (χ1v) is 10.1. The van der Waals surface area contributed by atoms with E-state index in [1.54, 1.807) is 10.3 Å². The predicted octanol–water partition coefficient (Wildman–Crippen LogP) is 0.469. The minimum absolute atomic E-state index is 0.130. The van der Waals surface area contributed by atoms with E-state index in [0.717, 1.165) is 5.01 Å². The Hall–Kier alpha value is -1.03. The second kappa shape index (κ2) is 4.98. The summed E-state index contributed by atoms with van der Waals surface area (Å²) in [5.74, 6) is -0.130. The van der Waals surface area contributed by atoms with E-state index in [4.69, 9.17) is 4.74 Å². The zero-order valence-corrected chi connectivity index (χ0v) is 14.7. The van der Waals surface area contributed by atoms with E-state index in [0.29, 0.717) is 38.3 Å². The molecule has 1 spiro atoms. The van der Waals surface area contributed by atoms with Crippen LogP contribution in [0.15, 0.2) is 5.38 Å². The maximum absolute atomic E-state index is 12.7. The summed E-state index contributed by atoms with van der Waals surface area (Å²) in [6.45, 7) is 5.23. The van der Waals surface area contributed by atoms with Gasteiger partial charge in [0.05, 0.1) is 17.7 Å². The number of amides is 1. The van der Waals surface area contributed by atoms with Crippen molar-refractivity contribution >= 4 is 27.3 Å². The van der Waals surface area contributed by atoms with E-state index in [9.17, 15) is 13.2 Å². The second-order valence-corrected chi connectivity index (χ2v) is 9.62. The van der Waals surface area contributed by atoms with Crippen LogP contribution in [0.2, 0.25) is 0 Å². The third kappa shape index (κ3) is 2.17. The first kappa shape index (κ1) is 15.5. The normalized spacial score (nSPS) is 35.5. The second-order valence-electron chi connectivity index (χ2n) is 6.44. The molecule has 23 heavy (non-hydrogen) atoms. The number of carbonyl (C=O) groups excluding carboxylic acids is 1. The van der Waals surface area contributed by atoms with E-state index < -0.39 is 20.9 Å². The van der Waals surface area contributed by atoms with Crippen LogP contribution in [0.1, 0.15) is 28.8 Å². The molecule has 0 aliphatic carbocycles. The Morgan fingerprint density at radius 1 is 1.52 bits per heavy atom. The van der Waals surface area contributed by atoms with Gasteiger partial charge in [-0.25, -0.2) is 13.4 Å². The van der Waals surface area contributed by atoms with Crippen LogP contribution in [0.3, 0.4) is 0 Å². The Bertz CT molecular complexity index is 762. The number of hydrogen-bond acceptors (Lipinski definition) is 6. The molecule has 1 amide bonds. The van der Waals surface area contributed by atoms with Crippen LogP contribution >= 0.6 is 11.3 Å². The smallest absolute Gasteiger partial charge is 0.273 e. The maximum Gasteiger partial charge on any atom is 0.273 e. The van der Waals surface area contributed by atoms with Crippen molar-refractivity contribution in [1.82, 2.24) is 14.2 Å². The van der Waals surface area contributed by atoms with E-state index in [2.05, 4.69) is 4.98 Å². The Balaban J connectivity index is 1.64. The molecule has 2 bridgehead atoms. The fraction of sp³-hybridized carbons (Fsp3) is 0.714. The van der Waals surface area contributed by atoms with E-state index in [1.165, 1.54) is 15.6 Å². The van der Waals surface area contributed by atoms with Gasteiger partial charge in [0, 0.05) is 25.0 Å². The Labute approximate surface area is 139 Å². The summed E-state index contributed by atoms with van der Waals surface area (Å²) in [7, 11) is -3.33. The molecule has 0 aromatic carbocycles. The number of fused-ring (bicyclic) bond motifs is 1. The van der Waals surface area contributed by atoms with Gasteiger partial charge in [0.2, 0.25) is 10.0 Å². The summed E-state index contributed by atoms with van der Waals surface area (Å²) < 4.78 is 32.8. The summed E-state index contributed by atoms with van der Waals surface area (Å²) in [5, 5.41) is 2.07. The van der Waals surface area contributed by atoms with Crippen molar-refractivity contribution in [2.24, 2.45) is 0 Å². The van der Waals surface area contributed by atoms with Crippen LogP contribution in [0, 0.1) is 6.92 Å². The number of rotatable bonds is 2. The standard InChI is InChI=1S/C14H19N3O4S2/c1-3-17-8-14-7-16(13(18)11-6-22-9(2)15-11)5-10(21-14)4-12(14)23(17,19)20/h6,10,12H,3-5,7-8H2,1-2H3/t10-,12+,14+/m1/s1. The largest absolute Gasteiger partial charge is 0.365 e. The molecule has 7 nitrogen and oxygen atoms in total. The number of hydrogen-bond donors (Lipinski definition) is 0. The summed E-state index contributed by atoms with van der Waals surface area (Å²) >= 11 is 1.44. The SMILES string of the molecule is CCN1C[C@@]23CN(C(=O)c4csc(C)n4)C[C@@H](C[C@@H]2S1(=O)=O)O3. The molecule has 0 N–H and O–H groups in total. The Morgan fingerprint density at radius 3 is 2.96 bits per heavy atom. The van der Waals surface area contributed by atoms with Crippen LogP contribution < -0.4 is 0 Å². The number of nitrogens with zero attached hydrogens (tertiary/aromatic N) is 3. The number of aromatic nitrogens is 1. The summed E-state index contributed by atoms with van der Waals surface area (Å²) in [6.07, 6.45) is 0.268. The highest BCUT2D eigenvalue weighted by molar-refractivity contribution is 7.90. The van der Waals surface area contributed by atoms with Crippen molar-refractivity contribution in [2.75, 3.05) is 26.2 Å². The highest BCUT2D eigenvalue weighted by Gasteiger charge is 2.65. The first-order chi connectivity index (χ1) is 10.9. The minimum atomic E-state index is -3.33. The van der Waals surface area contributed by atoms with Gasteiger partial charge >= 0.3 is 0 Å². The van der Waals surface area contributed by atoms with Crippen LogP contribution in [0.4, 0.5) is 0 Å². The molecular formula is C14H19N3O4S2. The van der Waals surface area contributed by atoms with Gasteiger partial charge in [-0.15, -0.1) is 11.3 Å². The molecule has 4 rings (SSSR count). The van der Waals surface area contributed by atoms with E-state index in [-0.39, 0.29) is 12.0 Å². The number of likely N-dealkylation sites (N-methyl/N-ethyl adjacent to an activating group) is 1. The van der Waals surface area contributed by atoms with Crippen LogP contribution in [0.5, 0.6) is 0 Å². The van der Waals surface area contributed by atoms with Crippen molar-refractivity contribution in [3.8, 4) is 0 Å². The van der Waals surface area contributed by atoms with Gasteiger partial charge in [-0.2, -0.15) is 4.31 Å². The molecule has 4 heterocycles. The highest BCUT2D eigenvalue weighted by atomic mass is 32.2. The summed E-state index contributed by atoms with van der Waals surface area (Å²) in [5.41, 5.74) is -0.340. The molecule has 1 aromatic heterocycles. The Morgan fingerprint density at radius 2 is 2.30 bits per heavy atom. The van der Waals surface area contributed by atoms with Crippen molar-refractivity contribution in [1.29, 1.82) is 0 Å². The predicted molar refractivity (Wildman–Crippen MR) is 84.9 cm³/mol. The van der Waals surface area contributed by atoms with Gasteiger partial charge in [0.1, 0.15) is 16.5 Å². The number of thiazole rings is 1. The number of aryl methyl sites for hydroxylation is 1. The third-order valence-electron chi connectivity index (χ3n) is 4.99. The lowest BCUT2D eigenvalue weighted by Crippen LogP contribution is -2.56. The van der Waals surface area contributed by atoms with Crippen molar-refractivity contribution < 1.29 is 17.9 Å². The molecule has 3 saturated heterocycles. The fourth-order valence-electron chi connectivity index (χ4n) is 4.01. The molecule has 0 saturated carbocycles. The van der Waals surface area contributed by atoms with Crippen LogP contribution in [-0.2, 0) is 14.8 Å². The molecule has 0 unspecified atom stereocenters. The van der Waals surface area contributed by atoms with Gasteiger partial charge in [-0.3, -0.25) is 4.79 Å². The molecule has 3 aliphatic rings. The zero-order valence-electron chi connectivity index (χ0n) is 13.1. The average molecular weight is 357 g/mol. The van der Waals surface area contributed by atoms with E-state index >= 15 is 0 Å². The highest BCUT2D eigenvalue weighted by Crippen LogP contribution is 2.46. The van der Waals surface area contributed by atoms with Crippen molar-refractivity contribution in [2.45, 2.75) is 37.2 Å². The van der Waals surface area contributed by atoms with Gasteiger partial charge in [-0.1, -0.05) is 6.92 Å². The summed E-state index contributed by atoms with van der Waals surface area (Å²) in [4.78, 5) is 18.7. The quantitative estimate of drug-likeness (QED) is 0.769. The molecule has 0 radical (unpaired) electrons. The first-order valence-electron chi connectivity index (χ1n) is 7.74. The minimum Gasteiger partial charge on any atom is -0.365 e. The number of likely N-dealkylation sites (tertiary alicyclic amines) is 1. The Kier molecular flexibility index (Phi) is 3.36. The molecular weight excluding hydrogens is 338 g/mol. The van der Waals surface area contributed by atoms with Crippen molar-refractivity contribution in [3.05, 3.63) is 16.1 Å². The lowest BCUT2D eigenvalue weighted by atomic mass is 9.99. The zero-order chi connectivity index (χ0) is 16.4. The molecule has 3 atom stereocenters. The van der Waals surface area contributed by atoms with Gasteiger partial charge in [-0.05, 0) is 13.3 Å². The average Bonchev–Trinajstić information content (AvgIpc) is 3.10. The van der Waals surface area contributed by atoms with Crippen LogP contribution in [0.25, 0.3) is 0 Å². The summed E-state index contributed by atoms with van der Waals surface area (Å²) in [6, 6.07) is 0. The van der Waals surface area contributed by atoms with Gasteiger partial charge in [0.15, 0.2) is 0 Å². The number of sulfonamides is 1. The lowest BCUT2D eigenvalue weighted by molar-refractivity contribution is -0.0975. The van der Waals surface area contributed by atoms with E-state index in [1.807, 2.05) is 13.8 Å².